The van der Waals surface area contributed by atoms with Gasteiger partial charge in [0.1, 0.15) is 11.8 Å². The van der Waals surface area contributed by atoms with E-state index in [1.807, 2.05) is 32.0 Å². The Morgan fingerprint density at radius 3 is 2.28 bits per heavy atom. The average molecular weight is 352 g/mol. The summed E-state index contributed by atoms with van der Waals surface area (Å²) in [5, 5.41) is 5.76. The lowest BCUT2D eigenvalue weighted by molar-refractivity contribution is -0.274. The van der Waals surface area contributed by atoms with Gasteiger partial charge >= 0.3 is 6.36 Å². The second kappa shape index (κ2) is 7.46. The highest BCUT2D eigenvalue weighted by molar-refractivity contribution is 5.96. The smallest absolute Gasteiger partial charge is 0.406 e. The van der Waals surface area contributed by atoms with E-state index in [4.69, 9.17) is 0 Å². The molecule has 0 saturated heterocycles. The van der Waals surface area contributed by atoms with Crippen LogP contribution >= 0.6 is 0 Å². The highest BCUT2D eigenvalue weighted by atomic mass is 19.4. The van der Waals surface area contributed by atoms with Gasteiger partial charge in [0.05, 0.1) is 0 Å². The summed E-state index contributed by atoms with van der Waals surface area (Å²) in [6.07, 6.45) is -4.74. The SMILES string of the molecule is Cc1ccc(N[C@H](C)C(=O)Nc2ccc(OC(F)(F)F)cc2)c(C)c1. The molecule has 134 valence electrons. The first-order valence-corrected chi connectivity index (χ1v) is 7.64. The van der Waals surface area contributed by atoms with E-state index >= 15 is 0 Å². The third-order valence-corrected chi connectivity index (χ3v) is 3.50. The summed E-state index contributed by atoms with van der Waals surface area (Å²) in [5.41, 5.74) is 3.38. The van der Waals surface area contributed by atoms with Gasteiger partial charge in [-0.25, -0.2) is 0 Å². The van der Waals surface area contributed by atoms with E-state index in [9.17, 15) is 18.0 Å². The van der Waals surface area contributed by atoms with Crippen LogP contribution in [0.1, 0.15) is 18.1 Å². The third-order valence-electron chi connectivity index (χ3n) is 3.50. The Morgan fingerprint density at radius 1 is 1.08 bits per heavy atom. The molecule has 0 unspecified atom stereocenters. The Labute approximate surface area is 144 Å². The van der Waals surface area contributed by atoms with Crippen molar-refractivity contribution in [1.29, 1.82) is 0 Å². The number of alkyl halides is 3. The maximum atomic E-state index is 12.2. The second-order valence-electron chi connectivity index (χ2n) is 5.75. The van der Waals surface area contributed by atoms with Gasteiger partial charge in [0.15, 0.2) is 0 Å². The highest BCUT2D eigenvalue weighted by Crippen LogP contribution is 2.24. The van der Waals surface area contributed by atoms with Crippen LogP contribution in [0.4, 0.5) is 24.5 Å². The first-order valence-electron chi connectivity index (χ1n) is 7.64. The van der Waals surface area contributed by atoms with Crippen LogP contribution in [0.25, 0.3) is 0 Å². The molecule has 0 aliphatic heterocycles. The van der Waals surface area contributed by atoms with Crippen molar-refractivity contribution < 1.29 is 22.7 Å². The molecule has 25 heavy (non-hydrogen) atoms. The number of amides is 1. The molecule has 7 heteroatoms. The Hall–Kier alpha value is -2.70. The number of carbonyl (C=O) groups is 1. The molecule has 0 fully saturated rings. The molecular weight excluding hydrogens is 333 g/mol. The molecule has 1 atom stereocenters. The maximum Gasteiger partial charge on any atom is 0.573 e. The topological polar surface area (TPSA) is 50.4 Å². The number of hydrogen-bond acceptors (Lipinski definition) is 3. The van der Waals surface area contributed by atoms with Crippen LogP contribution in [0.3, 0.4) is 0 Å². The maximum absolute atomic E-state index is 12.2. The monoisotopic (exact) mass is 352 g/mol. The summed E-state index contributed by atoms with van der Waals surface area (Å²) in [6.45, 7) is 5.63. The fourth-order valence-corrected chi connectivity index (χ4v) is 2.26. The first-order chi connectivity index (χ1) is 11.6. The standard InChI is InChI=1S/C18H19F3N2O2/c1-11-4-9-16(12(2)10-11)22-13(3)17(24)23-14-5-7-15(8-6-14)25-18(19,20)21/h4-10,13,22H,1-3H3,(H,23,24)/t13-/m1/s1. The minimum atomic E-state index is -4.74. The molecule has 0 aliphatic carbocycles. The zero-order chi connectivity index (χ0) is 18.6. The highest BCUT2D eigenvalue weighted by Gasteiger charge is 2.31. The quantitative estimate of drug-likeness (QED) is 0.824. The number of aryl methyl sites for hydroxylation is 2. The minimum absolute atomic E-state index is 0.301. The number of rotatable bonds is 5. The van der Waals surface area contributed by atoms with Gasteiger partial charge < -0.3 is 15.4 Å². The molecule has 0 bridgehead atoms. The Kier molecular flexibility index (Phi) is 5.56. The molecule has 0 heterocycles. The van der Waals surface area contributed by atoms with E-state index in [0.29, 0.717) is 5.69 Å². The Balaban J connectivity index is 1.96. The van der Waals surface area contributed by atoms with Crippen molar-refractivity contribution >= 4 is 17.3 Å². The molecule has 2 N–H and O–H groups in total. The molecule has 0 radical (unpaired) electrons. The summed E-state index contributed by atoms with van der Waals surface area (Å²) in [7, 11) is 0. The number of benzene rings is 2. The van der Waals surface area contributed by atoms with Gasteiger partial charge in [0.2, 0.25) is 5.91 Å². The van der Waals surface area contributed by atoms with Gasteiger partial charge in [-0.15, -0.1) is 13.2 Å². The lowest BCUT2D eigenvalue weighted by Crippen LogP contribution is -2.32. The molecule has 0 saturated carbocycles. The summed E-state index contributed by atoms with van der Waals surface area (Å²) < 4.78 is 40.2. The largest absolute Gasteiger partial charge is 0.573 e. The van der Waals surface area contributed by atoms with Gasteiger partial charge in [0, 0.05) is 11.4 Å². The predicted molar refractivity (Wildman–Crippen MR) is 90.8 cm³/mol. The van der Waals surface area contributed by atoms with Crippen LogP contribution in [0.15, 0.2) is 42.5 Å². The molecule has 2 aromatic rings. The van der Waals surface area contributed by atoms with Crippen molar-refractivity contribution in [3.63, 3.8) is 0 Å². The van der Waals surface area contributed by atoms with E-state index < -0.39 is 12.4 Å². The molecule has 1 amide bonds. The van der Waals surface area contributed by atoms with E-state index in [-0.39, 0.29) is 11.7 Å². The Morgan fingerprint density at radius 2 is 1.72 bits per heavy atom. The third kappa shape index (κ3) is 5.70. The van der Waals surface area contributed by atoms with Crippen molar-refractivity contribution in [2.24, 2.45) is 0 Å². The molecule has 0 aliphatic rings. The average Bonchev–Trinajstić information content (AvgIpc) is 2.50. The number of anilines is 2. The van der Waals surface area contributed by atoms with Crippen LogP contribution in [-0.2, 0) is 4.79 Å². The summed E-state index contributed by atoms with van der Waals surface area (Å²) in [5.74, 6) is -0.642. The number of halogens is 3. The van der Waals surface area contributed by atoms with E-state index in [2.05, 4.69) is 15.4 Å². The van der Waals surface area contributed by atoms with E-state index in [0.717, 1.165) is 28.9 Å². The second-order valence-corrected chi connectivity index (χ2v) is 5.75. The summed E-state index contributed by atoms with van der Waals surface area (Å²) >= 11 is 0. The molecular formula is C18H19F3N2O2. The fraction of sp³-hybridized carbons (Fsp3) is 0.278. The number of carbonyl (C=O) groups excluding carboxylic acids is 1. The van der Waals surface area contributed by atoms with E-state index in [1.165, 1.54) is 12.1 Å². The lowest BCUT2D eigenvalue weighted by atomic mass is 10.1. The zero-order valence-corrected chi connectivity index (χ0v) is 14.1. The van der Waals surface area contributed by atoms with Gasteiger partial charge in [-0.2, -0.15) is 0 Å². The van der Waals surface area contributed by atoms with Gasteiger partial charge in [0.25, 0.3) is 0 Å². The molecule has 0 spiro atoms. The van der Waals surface area contributed by atoms with E-state index in [1.54, 1.807) is 6.92 Å². The van der Waals surface area contributed by atoms with Crippen LogP contribution in [0.2, 0.25) is 0 Å². The molecule has 2 rings (SSSR count). The van der Waals surface area contributed by atoms with Gasteiger partial charge in [-0.05, 0) is 56.7 Å². The van der Waals surface area contributed by atoms with Crippen molar-refractivity contribution in [3.05, 3.63) is 53.6 Å². The summed E-state index contributed by atoms with van der Waals surface area (Å²) in [6, 6.07) is 10.3. The zero-order valence-electron chi connectivity index (χ0n) is 14.1. The number of hydrogen-bond donors (Lipinski definition) is 2. The molecule has 4 nitrogen and oxygen atoms in total. The Bertz CT molecular complexity index is 743. The number of nitrogens with one attached hydrogen (secondary N) is 2. The normalized spacial score (nSPS) is 12.4. The van der Waals surface area contributed by atoms with Crippen LogP contribution in [-0.4, -0.2) is 18.3 Å². The fourth-order valence-electron chi connectivity index (χ4n) is 2.26. The minimum Gasteiger partial charge on any atom is -0.406 e. The summed E-state index contributed by atoms with van der Waals surface area (Å²) in [4.78, 5) is 12.2. The van der Waals surface area contributed by atoms with Gasteiger partial charge in [-0.1, -0.05) is 17.7 Å². The van der Waals surface area contributed by atoms with Crippen LogP contribution < -0.4 is 15.4 Å². The molecule has 2 aromatic carbocycles. The van der Waals surface area contributed by atoms with Crippen molar-refractivity contribution in [1.82, 2.24) is 0 Å². The molecule has 0 aromatic heterocycles. The lowest BCUT2D eigenvalue weighted by Gasteiger charge is -2.17. The first kappa shape index (κ1) is 18.6. The van der Waals surface area contributed by atoms with Crippen molar-refractivity contribution in [2.75, 3.05) is 10.6 Å². The predicted octanol–water partition coefficient (Wildman–Crippen LogP) is 4.64. The van der Waals surface area contributed by atoms with Crippen LogP contribution in [0.5, 0.6) is 5.75 Å². The van der Waals surface area contributed by atoms with Crippen molar-refractivity contribution in [3.8, 4) is 5.75 Å². The van der Waals surface area contributed by atoms with Crippen LogP contribution in [0, 0.1) is 13.8 Å². The number of ether oxygens (including phenoxy) is 1. The van der Waals surface area contributed by atoms with Gasteiger partial charge in [-0.3, -0.25) is 4.79 Å². The van der Waals surface area contributed by atoms with Crippen molar-refractivity contribution in [2.45, 2.75) is 33.2 Å².